The van der Waals surface area contributed by atoms with Gasteiger partial charge in [-0.3, -0.25) is 9.59 Å². The van der Waals surface area contributed by atoms with E-state index in [1.54, 1.807) is 7.11 Å². The van der Waals surface area contributed by atoms with Crippen molar-refractivity contribution >= 4 is 11.8 Å². The quantitative estimate of drug-likeness (QED) is 0.824. The smallest absolute Gasteiger partial charge is 0.227 e. The van der Waals surface area contributed by atoms with Gasteiger partial charge >= 0.3 is 0 Å². The molecule has 1 aromatic carbocycles. The highest BCUT2D eigenvalue weighted by Crippen LogP contribution is 2.49. The Morgan fingerprint density at radius 3 is 2.88 bits per heavy atom. The highest BCUT2D eigenvalue weighted by molar-refractivity contribution is 5.86. The summed E-state index contributed by atoms with van der Waals surface area (Å²) in [5, 5.41) is 0. The lowest BCUT2D eigenvalue weighted by Gasteiger charge is -2.34. The average Bonchev–Trinajstić information content (AvgIpc) is 3.24. The van der Waals surface area contributed by atoms with Crippen LogP contribution in [-0.2, 0) is 20.7 Å². The van der Waals surface area contributed by atoms with Gasteiger partial charge in [-0.1, -0.05) is 32.0 Å². The second-order valence-electron chi connectivity index (χ2n) is 7.78. The topological polar surface area (TPSA) is 59.1 Å². The van der Waals surface area contributed by atoms with E-state index < -0.39 is 5.72 Å². The van der Waals surface area contributed by atoms with Gasteiger partial charge in [-0.05, 0) is 12.0 Å². The number of nitrogens with zero attached hydrogens (tertiary/aromatic N) is 2. The molecule has 0 saturated carbocycles. The fraction of sp³-hybridized carbons (Fsp3) is 0.600. The Kier molecular flexibility index (Phi) is 4.18. The number of amides is 2. The average molecular weight is 358 g/mol. The minimum absolute atomic E-state index is 0.0302. The molecule has 0 aromatic heterocycles. The third-order valence-electron chi connectivity index (χ3n) is 6.11. The number of methoxy groups -OCH3 is 1. The van der Waals surface area contributed by atoms with Crippen LogP contribution in [0, 0.1) is 5.92 Å². The second-order valence-corrected chi connectivity index (χ2v) is 7.78. The molecule has 1 spiro atoms. The van der Waals surface area contributed by atoms with Crippen LogP contribution in [-0.4, -0.2) is 59.7 Å². The molecule has 6 heteroatoms. The Bertz CT molecular complexity index is 734. The van der Waals surface area contributed by atoms with Crippen LogP contribution < -0.4 is 4.74 Å². The summed E-state index contributed by atoms with van der Waals surface area (Å²) >= 11 is 0. The number of carbonyl (C=O) groups is 2. The van der Waals surface area contributed by atoms with Gasteiger partial charge in [0, 0.05) is 18.5 Å². The number of carbonyl (C=O) groups excluding carboxylic acids is 2. The molecule has 3 fully saturated rings. The molecular formula is C20H26N2O4. The first-order valence-corrected chi connectivity index (χ1v) is 9.35. The summed E-state index contributed by atoms with van der Waals surface area (Å²) in [7, 11) is 1.61. The van der Waals surface area contributed by atoms with E-state index in [0.717, 1.165) is 11.3 Å². The minimum Gasteiger partial charge on any atom is -0.496 e. The van der Waals surface area contributed by atoms with E-state index in [0.29, 0.717) is 31.9 Å². The molecule has 0 unspecified atom stereocenters. The third kappa shape index (κ3) is 2.42. The van der Waals surface area contributed by atoms with Gasteiger partial charge in [0.15, 0.2) is 5.72 Å². The first kappa shape index (κ1) is 17.3. The van der Waals surface area contributed by atoms with E-state index in [2.05, 4.69) is 13.8 Å². The van der Waals surface area contributed by atoms with Crippen LogP contribution in [0.15, 0.2) is 24.3 Å². The fourth-order valence-electron chi connectivity index (χ4n) is 4.78. The number of para-hydroxylation sites is 1. The SMILES string of the molecule is COc1ccccc1CC(=O)N1CC[C@@]23OC[C@@H](C(C)C)N2C(=O)C[C@@H]13. The summed E-state index contributed by atoms with van der Waals surface area (Å²) in [6.45, 7) is 5.43. The first-order chi connectivity index (χ1) is 12.5. The van der Waals surface area contributed by atoms with Gasteiger partial charge in [0.1, 0.15) is 5.75 Å². The van der Waals surface area contributed by atoms with Crippen molar-refractivity contribution in [3.8, 4) is 5.75 Å². The summed E-state index contributed by atoms with van der Waals surface area (Å²) in [5.74, 6) is 1.20. The van der Waals surface area contributed by atoms with E-state index in [4.69, 9.17) is 9.47 Å². The number of likely N-dealkylation sites (tertiary alicyclic amines) is 1. The van der Waals surface area contributed by atoms with Crippen molar-refractivity contribution in [3.63, 3.8) is 0 Å². The number of ether oxygens (including phenoxy) is 2. The monoisotopic (exact) mass is 358 g/mol. The van der Waals surface area contributed by atoms with Crippen LogP contribution >= 0.6 is 0 Å². The largest absolute Gasteiger partial charge is 0.496 e. The Morgan fingerprint density at radius 2 is 2.15 bits per heavy atom. The van der Waals surface area contributed by atoms with Gasteiger partial charge in [-0.25, -0.2) is 0 Å². The molecule has 26 heavy (non-hydrogen) atoms. The summed E-state index contributed by atoms with van der Waals surface area (Å²) in [6.07, 6.45) is 1.34. The van der Waals surface area contributed by atoms with Crippen LogP contribution in [0.1, 0.15) is 32.3 Å². The van der Waals surface area contributed by atoms with E-state index >= 15 is 0 Å². The number of hydrogen-bond acceptors (Lipinski definition) is 4. The van der Waals surface area contributed by atoms with Crippen molar-refractivity contribution in [2.24, 2.45) is 5.92 Å². The molecule has 0 bridgehead atoms. The lowest BCUT2D eigenvalue weighted by molar-refractivity contribution is -0.141. The minimum atomic E-state index is -0.609. The molecule has 0 radical (unpaired) electrons. The molecule has 1 aromatic rings. The molecule has 0 aliphatic carbocycles. The lowest BCUT2D eigenvalue weighted by Crippen LogP contribution is -2.51. The van der Waals surface area contributed by atoms with Crippen LogP contribution in [0.5, 0.6) is 5.75 Å². The Labute approximate surface area is 154 Å². The van der Waals surface area contributed by atoms with E-state index in [9.17, 15) is 9.59 Å². The molecular weight excluding hydrogens is 332 g/mol. The van der Waals surface area contributed by atoms with Gasteiger partial charge in [-0.15, -0.1) is 0 Å². The van der Waals surface area contributed by atoms with E-state index in [-0.39, 0.29) is 30.3 Å². The highest BCUT2D eigenvalue weighted by Gasteiger charge is 2.65. The lowest BCUT2D eigenvalue weighted by atomic mass is 10.0. The first-order valence-electron chi connectivity index (χ1n) is 9.35. The molecule has 4 rings (SSSR count). The normalized spacial score (nSPS) is 30.1. The van der Waals surface area contributed by atoms with E-state index in [1.165, 1.54) is 0 Å². The van der Waals surface area contributed by atoms with Crippen molar-refractivity contribution in [3.05, 3.63) is 29.8 Å². The van der Waals surface area contributed by atoms with Crippen molar-refractivity contribution in [1.29, 1.82) is 0 Å². The van der Waals surface area contributed by atoms with Gasteiger partial charge in [-0.2, -0.15) is 0 Å². The highest BCUT2D eigenvalue weighted by atomic mass is 16.5. The van der Waals surface area contributed by atoms with Crippen molar-refractivity contribution < 1.29 is 19.1 Å². The Hall–Kier alpha value is -2.08. The summed E-state index contributed by atoms with van der Waals surface area (Å²) < 4.78 is 11.6. The van der Waals surface area contributed by atoms with Gasteiger partial charge in [0.05, 0.1) is 38.6 Å². The summed E-state index contributed by atoms with van der Waals surface area (Å²) in [6, 6.07) is 7.50. The summed E-state index contributed by atoms with van der Waals surface area (Å²) in [4.78, 5) is 29.5. The molecule has 3 heterocycles. The van der Waals surface area contributed by atoms with Crippen molar-refractivity contribution in [1.82, 2.24) is 9.80 Å². The predicted molar refractivity (Wildman–Crippen MR) is 95.6 cm³/mol. The summed E-state index contributed by atoms with van der Waals surface area (Å²) in [5.41, 5.74) is 0.261. The molecule has 0 N–H and O–H groups in total. The molecule has 3 saturated heterocycles. The maximum absolute atomic E-state index is 13.0. The van der Waals surface area contributed by atoms with Gasteiger partial charge in [0.25, 0.3) is 0 Å². The molecule has 3 atom stereocenters. The van der Waals surface area contributed by atoms with Gasteiger partial charge in [0.2, 0.25) is 11.8 Å². The van der Waals surface area contributed by atoms with Gasteiger partial charge < -0.3 is 19.3 Å². The molecule has 140 valence electrons. The Morgan fingerprint density at radius 1 is 1.38 bits per heavy atom. The Balaban J connectivity index is 1.56. The van der Waals surface area contributed by atoms with Crippen LogP contribution in [0.3, 0.4) is 0 Å². The fourth-order valence-corrected chi connectivity index (χ4v) is 4.78. The molecule has 2 amide bonds. The predicted octanol–water partition coefficient (Wildman–Crippen LogP) is 1.82. The van der Waals surface area contributed by atoms with Crippen LogP contribution in [0.25, 0.3) is 0 Å². The molecule has 6 nitrogen and oxygen atoms in total. The maximum atomic E-state index is 13.0. The zero-order chi connectivity index (χ0) is 18.5. The zero-order valence-corrected chi connectivity index (χ0v) is 15.6. The molecule has 3 aliphatic rings. The number of hydrogen-bond donors (Lipinski definition) is 0. The van der Waals surface area contributed by atoms with Crippen molar-refractivity contribution in [2.75, 3.05) is 20.3 Å². The van der Waals surface area contributed by atoms with Crippen molar-refractivity contribution in [2.45, 2.75) is 50.9 Å². The number of benzene rings is 1. The third-order valence-corrected chi connectivity index (χ3v) is 6.11. The second kappa shape index (κ2) is 6.27. The number of rotatable bonds is 4. The maximum Gasteiger partial charge on any atom is 0.227 e. The molecule has 3 aliphatic heterocycles. The zero-order valence-electron chi connectivity index (χ0n) is 15.6. The van der Waals surface area contributed by atoms with Crippen LogP contribution in [0.2, 0.25) is 0 Å². The standard InChI is InChI=1S/C20H26N2O4/c1-13(2)15-12-26-20-8-9-21(17(20)11-19(24)22(15)20)18(23)10-14-6-4-5-7-16(14)25-3/h4-7,13,15,17H,8-12H2,1-3H3/t15-,17+,20-/m0/s1. The van der Waals surface area contributed by atoms with E-state index in [1.807, 2.05) is 34.1 Å². The van der Waals surface area contributed by atoms with Crippen LogP contribution in [0.4, 0.5) is 0 Å².